The number of thiazole rings is 1. The van der Waals surface area contributed by atoms with Crippen molar-refractivity contribution in [2.24, 2.45) is 0 Å². The average molecular weight is 433 g/mol. The van der Waals surface area contributed by atoms with Crippen LogP contribution in [-0.4, -0.2) is 86.0 Å². The van der Waals surface area contributed by atoms with Gasteiger partial charge in [0.2, 0.25) is 0 Å². The Labute approximate surface area is 181 Å². The van der Waals surface area contributed by atoms with Gasteiger partial charge in [0.05, 0.1) is 32.0 Å². The van der Waals surface area contributed by atoms with Gasteiger partial charge in [0.1, 0.15) is 9.88 Å². The molecular formula is C21H28N4O4S. The summed E-state index contributed by atoms with van der Waals surface area (Å²) in [6.45, 7) is 5.27. The van der Waals surface area contributed by atoms with Crippen molar-refractivity contribution in [2.45, 2.75) is 13.5 Å². The van der Waals surface area contributed by atoms with Crippen LogP contribution in [0.2, 0.25) is 0 Å². The molecule has 8 nitrogen and oxygen atoms in total. The van der Waals surface area contributed by atoms with E-state index in [9.17, 15) is 9.59 Å². The summed E-state index contributed by atoms with van der Waals surface area (Å²) in [6.07, 6.45) is 0. The Morgan fingerprint density at radius 3 is 2.43 bits per heavy atom. The molecule has 1 aromatic heterocycles. The number of aromatic nitrogens is 1. The first-order valence-electron chi connectivity index (χ1n) is 9.76. The molecular weight excluding hydrogens is 404 g/mol. The quantitative estimate of drug-likeness (QED) is 0.696. The molecule has 2 aromatic rings. The normalized spacial score (nSPS) is 14.5. The first kappa shape index (κ1) is 22.0. The highest BCUT2D eigenvalue weighted by molar-refractivity contribution is 7.13. The number of nitrogens with zero attached hydrogens (tertiary/aromatic N) is 4. The third kappa shape index (κ3) is 4.57. The van der Waals surface area contributed by atoms with E-state index in [1.165, 1.54) is 18.4 Å². The number of hydrogen-bond acceptors (Lipinski definition) is 7. The second kappa shape index (κ2) is 9.44. The molecule has 0 saturated carbocycles. The maximum Gasteiger partial charge on any atom is 0.265 e. The number of ether oxygens (including phenoxy) is 2. The summed E-state index contributed by atoms with van der Waals surface area (Å²) in [5, 5.41) is 0.923. The molecule has 0 N–H and O–H groups in total. The van der Waals surface area contributed by atoms with Gasteiger partial charge in [-0.25, -0.2) is 4.98 Å². The smallest absolute Gasteiger partial charge is 0.265 e. The van der Waals surface area contributed by atoms with Crippen LogP contribution in [-0.2, 0) is 6.54 Å². The molecule has 1 fully saturated rings. The van der Waals surface area contributed by atoms with E-state index in [1.807, 2.05) is 11.8 Å². The molecule has 0 radical (unpaired) electrons. The topological polar surface area (TPSA) is 75.2 Å². The number of rotatable bonds is 6. The van der Waals surface area contributed by atoms with Gasteiger partial charge < -0.3 is 19.3 Å². The van der Waals surface area contributed by atoms with E-state index >= 15 is 0 Å². The summed E-state index contributed by atoms with van der Waals surface area (Å²) < 4.78 is 10.7. The molecule has 0 aliphatic carbocycles. The van der Waals surface area contributed by atoms with E-state index in [1.54, 1.807) is 44.3 Å². The van der Waals surface area contributed by atoms with Crippen LogP contribution < -0.4 is 9.47 Å². The maximum absolute atomic E-state index is 13.0. The van der Waals surface area contributed by atoms with Crippen molar-refractivity contribution in [1.82, 2.24) is 19.7 Å². The number of amides is 2. The van der Waals surface area contributed by atoms with Gasteiger partial charge in [-0.05, 0) is 19.1 Å². The largest absolute Gasteiger partial charge is 0.493 e. The van der Waals surface area contributed by atoms with E-state index in [0.717, 1.165) is 23.8 Å². The van der Waals surface area contributed by atoms with Crippen LogP contribution in [0.1, 0.15) is 30.7 Å². The Balaban J connectivity index is 1.63. The molecule has 0 bridgehead atoms. The predicted octanol–water partition coefficient (Wildman–Crippen LogP) is 2.13. The predicted molar refractivity (Wildman–Crippen MR) is 116 cm³/mol. The summed E-state index contributed by atoms with van der Waals surface area (Å²) in [7, 11) is 6.59. The van der Waals surface area contributed by atoms with Gasteiger partial charge in [-0.1, -0.05) is 6.07 Å². The lowest BCUT2D eigenvalue weighted by molar-refractivity contribution is 0.0624. The summed E-state index contributed by atoms with van der Waals surface area (Å²) >= 11 is 1.45. The fourth-order valence-electron chi connectivity index (χ4n) is 3.45. The van der Waals surface area contributed by atoms with Gasteiger partial charge in [-0.15, -0.1) is 11.3 Å². The Bertz CT molecular complexity index is 920. The number of para-hydroxylation sites is 1. The van der Waals surface area contributed by atoms with Crippen LogP contribution in [0.25, 0.3) is 0 Å². The minimum absolute atomic E-state index is 0.0149. The molecule has 1 aliphatic heterocycles. The third-order valence-corrected chi connectivity index (χ3v) is 6.22. The molecule has 1 saturated heterocycles. The molecule has 0 spiro atoms. The van der Waals surface area contributed by atoms with Gasteiger partial charge in [0, 0.05) is 40.3 Å². The highest BCUT2D eigenvalue weighted by Gasteiger charge is 2.26. The minimum atomic E-state index is -0.0608. The van der Waals surface area contributed by atoms with Crippen LogP contribution in [0.3, 0.4) is 0 Å². The zero-order valence-electron chi connectivity index (χ0n) is 18.1. The molecule has 2 amide bonds. The number of hydrogen-bond donors (Lipinski definition) is 0. The van der Waals surface area contributed by atoms with Crippen LogP contribution in [0.15, 0.2) is 18.2 Å². The molecule has 30 heavy (non-hydrogen) atoms. The number of piperazine rings is 1. The summed E-state index contributed by atoms with van der Waals surface area (Å²) in [4.78, 5) is 36.2. The highest BCUT2D eigenvalue weighted by atomic mass is 32.1. The molecule has 0 atom stereocenters. The molecule has 162 valence electrons. The van der Waals surface area contributed by atoms with Crippen molar-refractivity contribution >= 4 is 23.2 Å². The monoisotopic (exact) mass is 432 g/mol. The fraction of sp³-hybridized carbons (Fsp3) is 0.476. The zero-order valence-corrected chi connectivity index (χ0v) is 18.9. The van der Waals surface area contributed by atoms with Crippen LogP contribution in [0.4, 0.5) is 0 Å². The van der Waals surface area contributed by atoms with Crippen LogP contribution in [0, 0.1) is 6.92 Å². The Kier molecular flexibility index (Phi) is 6.94. The zero-order chi connectivity index (χ0) is 21.8. The first-order chi connectivity index (χ1) is 14.3. The second-order valence-electron chi connectivity index (χ2n) is 7.33. The fourth-order valence-corrected chi connectivity index (χ4v) is 4.58. The Morgan fingerprint density at radius 1 is 1.13 bits per heavy atom. The standard InChI is InChI=1S/C21H28N4O4S/c1-14-19(21(27)23(2)3)30-17(22-14)13-24-9-11-25(12-10-24)20(26)15-7-6-8-16(28-4)18(15)29-5/h6-8H,9-13H2,1-5H3. The summed E-state index contributed by atoms with van der Waals surface area (Å²) in [6, 6.07) is 5.33. The van der Waals surface area contributed by atoms with E-state index in [0.29, 0.717) is 41.6 Å². The molecule has 1 aliphatic rings. The van der Waals surface area contributed by atoms with Crippen molar-refractivity contribution < 1.29 is 19.1 Å². The minimum Gasteiger partial charge on any atom is -0.493 e. The Morgan fingerprint density at radius 2 is 1.83 bits per heavy atom. The number of carbonyl (C=O) groups excluding carboxylic acids is 2. The van der Waals surface area contributed by atoms with Gasteiger partial charge in [-0.2, -0.15) is 0 Å². The first-order valence-corrected chi connectivity index (χ1v) is 10.6. The van der Waals surface area contributed by atoms with Crippen molar-refractivity contribution in [3.63, 3.8) is 0 Å². The number of methoxy groups -OCH3 is 2. The van der Waals surface area contributed by atoms with E-state index < -0.39 is 0 Å². The summed E-state index contributed by atoms with van der Waals surface area (Å²) in [5.41, 5.74) is 1.28. The van der Waals surface area contributed by atoms with Crippen molar-refractivity contribution in [3.05, 3.63) is 39.3 Å². The third-order valence-electron chi connectivity index (χ3n) is 5.09. The van der Waals surface area contributed by atoms with Crippen molar-refractivity contribution in [1.29, 1.82) is 0 Å². The number of benzene rings is 1. The van der Waals surface area contributed by atoms with E-state index in [-0.39, 0.29) is 11.8 Å². The SMILES string of the molecule is COc1cccc(C(=O)N2CCN(Cc3nc(C)c(C(=O)N(C)C)s3)CC2)c1OC. The van der Waals surface area contributed by atoms with Gasteiger partial charge in [-0.3, -0.25) is 14.5 Å². The average Bonchev–Trinajstić information content (AvgIpc) is 3.12. The lowest BCUT2D eigenvalue weighted by Crippen LogP contribution is -2.48. The second-order valence-corrected chi connectivity index (χ2v) is 8.41. The van der Waals surface area contributed by atoms with E-state index in [2.05, 4.69) is 9.88 Å². The molecule has 0 unspecified atom stereocenters. The lowest BCUT2D eigenvalue weighted by atomic mass is 10.1. The van der Waals surface area contributed by atoms with Crippen molar-refractivity contribution in [2.75, 3.05) is 54.5 Å². The van der Waals surface area contributed by atoms with Crippen LogP contribution >= 0.6 is 11.3 Å². The number of carbonyl (C=O) groups is 2. The lowest BCUT2D eigenvalue weighted by Gasteiger charge is -2.34. The number of aryl methyl sites for hydroxylation is 1. The molecule has 9 heteroatoms. The highest BCUT2D eigenvalue weighted by Crippen LogP contribution is 2.31. The van der Waals surface area contributed by atoms with E-state index in [4.69, 9.17) is 9.47 Å². The maximum atomic E-state index is 13.0. The molecule has 1 aromatic carbocycles. The van der Waals surface area contributed by atoms with Crippen LogP contribution in [0.5, 0.6) is 11.5 Å². The molecule has 2 heterocycles. The van der Waals surface area contributed by atoms with Gasteiger partial charge in [0.25, 0.3) is 11.8 Å². The molecule has 3 rings (SSSR count). The van der Waals surface area contributed by atoms with Gasteiger partial charge in [0.15, 0.2) is 11.5 Å². The Hall–Kier alpha value is -2.65. The summed E-state index contributed by atoms with van der Waals surface area (Å²) in [5.74, 6) is 0.932. The van der Waals surface area contributed by atoms with Crippen molar-refractivity contribution in [3.8, 4) is 11.5 Å². The van der Waals surface area contributed by atoms with Gasteiger partial charge >= 0.3 is 0 Å².